The molecule has 0 unspecified atom stereocenters. The molecule has 0 spiro atoms. The van der Waals surface area contributed by atoms with E-state index in [0.29, 0.717) is 6.61 Å². The first-order valence-electron chi connectivity index (χ1n) is 8.13. The third-order valence-corrected chi connectivity index (χ3v) is 4.12. The second-order valence-corrected chi connectivity index (χ2v) is 6.35. The Balaban J connectivity index is 0.00000288. The molecule has 2 aromatic carbocycles. The van der Waals surface area contributed by atoms with Crippen molar-refractivity contribution in [3.63, 3.8) is 0 Å². The van der Waals surface area contributed by atoms with Crippen LogP contribution in [0.1, 0.15) is 38.3 Å². The fourth-order valence-electron chi connectivity index (χ4n) is 2.14. The van der Waals surface area contributed by atoms with Crippen LogP contribution < -0.4 is 14.8 Å². The Kier molecular flexibility index (Phi) is 8.09. The van der Waals surface area contributed by atoms with Crippen LogP contribution in [0.3, 0.4) is 0 Å². The fraction of sp³-hybridized carbons (Fsp3) is 0.400. The molecule has 4 heteroatoms. The minimum Gasteiger partial charge on any atom is -0.493 e. The summed E-state index contributed by atoms with van der Waals surface area (Å²) in [5.41, 5.74) is 2.47. The topological polar surface area (TPSA) is 30.5 Å². The standard InChI is InChI=1S/C20H27NO2.ClH/c1-5-20(2,3)21-14-17-11-12-18(19(13-17)22-4)23-15-16-9-7-6-8-10-16;/h6-13,21H,5,14-15H2,1-4H3;1H. The van der Waals surface area contributed by atoms with Gasteiger partial charge in [-0.25, -0.2) is 0 Å². The molecule has 0 fully saturated rings. The molecule has 0 radical (unpaired) electrons. The lowest BCUT2D eigenvalue weighted by molar-refractivity contribution is 0.284. The zero-order valence-electron chi connectivity index (χ0n) is 15.0. The number of hydrogen-bond acceptors (Lipinski definition) is 3. The number of rotatable bonds is 8. The van der Waals surface area contributed by atoms with Gasteiger partial charge in [-0.15, -0.1) is 12.4 Å². The maximum Gasteiger partial charge on any atom is 0.161 e. The van der Waals surface area contributed by atoms with E-state index >= 15 is 0 Å². The molecule has 0 saturated heterocycles. The van der Waals surface area contributed by atoms with Gasteiger partial charge in [0, 0.05) is 12.1 Å². The summed E-state index contributed by atoms with van der Waals surface area (Å²) in [6.07, 6.45) is 1.09. The molecule has 0 heterocycles. The van der Waals surface area contributed by atoms with Gasteiger partial charge in [0.25, 0.3) is 0 Å². The number of methoxy groups -OCH3 is 1. The Bertz CT molecular complexity index is 614. The molecule has 0 saturated carbocycles. The third kappa shape index (κ3) is 6.06. The van der Waals surface area contributed by atoms with Crippen molar-refractivity contribution >= 4 is 12.4 Å². The quantitative estimate of drug-likeness (QED) is 0.729. The van der Waals surface area contributed by atoms with Crippen LogP contribution in [-0.4, -0.2) is 12.6 Å². The molecular formula is C20H28ClNO2. The summed E-state index contributed by atoms with van der Waals surface area (Å²) >= 11 is 0. The first kappa shape index (κ1) is 20.3. The zero-order valence-corrected chi connectivity index (χ0v) is 15.8. The normalized spacial score (nSPS) is 10.8. The molecule has 0 bridgehead atoms. The summed E-state index contributed by atoms with van der Waals surface area (Å²) in [6, 6.07) is 16.2. The second-order valence-electron chi connectivity index (χ2n) is 6.35. The SMILES string of the molecule is CCC(C)(C)NCc1ccc(OCc2ccccc2)c(OC)c1.Cl. The lowest BCUT2D eigenvalue weighted by Gasteiger charge is -2.24. The molecule has 1 N–H and O–H groups in total. The summed E-state index contributed by atoms with van der Waals surface area (Å²) in [5, 5.41) is 3.56. The fourth-order valence-corrected chi connectivity index (χ4v) is 2.14. The highest BCUT2D eigenvalue weighted by molar-refractivity contribution is 5.85. The average Bonchev–Trinajstić information content (AvgIpc) is 2.59. The van der Waals surface area contributed by atoms with Gasteiger partial charge in [0.2, 0.25) is 0 Å². The van der Waals surface area contributed by atoms with Crippen LogP contribution in [0.2, 0.25) is 0 Å². The summed E-state index contributed by atoms with van der Waals surface area (Å²) < 4.78 is 11.4. The Hall–Kier alpha value is -1.71. The maximum absolute atomic E-state index is 5.89. The Morgan fingerprint density at radius 3 is 2.29 bits per heavy atom. The van der Waals surface area contributed by atoms with E-state index in [4.69, 9.17) is 9.47 Å². The third-order valence-electron chi connectivity index (χ3n) is 4.12. The average molecular weight is 350 g/mol. The van der Waals surface area contributed by atoms with Crippen LogP contribution in [0.5, 0.6) is 11.5 Å². The molecule has 3 nitrogen and oxygen atoms in total. The predicted octanol–water partition coefficient (Wildman–Crippen LogP) is 4.97. The van der Waals surface area contributed by atoms with Gasteiger partial charge < -0.3 is 14.8 Å². The highest BCUT2D eigenvalue weighted by Crippen LogP contribution is 2.29. The van der Waals surface area contributed by atoms with Gasteiger partial charge in [-0.2, -0.15) is 0 Å². The van der Waals surface area contributed by atoms with E-state index in [1.165, 1.54) is 5.56 Å². The largest absolute Gasteiger partial charge is 0.493 e. The molecule has 0 amide bonds. The summed E-state index contributed by atoms with van der Waals surface area (Å²) in [7, 11) is 1.68. The van der Waals surface area contributed by atoms with Crippen LogP contribution in [0.15, 0.2) is 48.5 Å². The Morgan fingerprint density at radius 1 is 0.958 bits per heavy atom. The van der Waals surface area contributed by atoms with Gasteiger partial charge in [-0.3, -0.25) is 0 Å². The van der Waals surface area contributed by atoms with Gasteiger partial charge >= 0.3 is 0 Å². The van der Waals surface area contributed by atoms with Crippen LogP contribution >= 0.6 is 12.4 Å². The number of ether oxygens (including phenoxy) is 2. The number of halogens is 1. The van der Waals surface area contributed by atoms with E-state index in [9.17, 15) is 0 Å². The molecule has 24 heavy (non-hydrogen) atoms. The van der Waals surface area contributed by atoms with Crippen LogP contribution in [-0.2, 0) is 13.2 Å². The first-order valence-corrected chi connectivity index (χ1v) is 8.13. The Labute approximate surface area is 151 Å². The van der Waals surface area contributed by atoms with Crippen molar-refractivity contribution in [2.45, 2.75) is 45.9 Å². The van der Waals surface area contributed by atoms with Crippen LogP contribution in [0.4, 0.5) is 0 Å². The number of benzene rings is 2. The number of nitrogens with one attached hydrogen (secondary N) is 1. The molecule has 2 rings (SSSR count). The number of hydrogen-bond donors (Lipinski definition) is 1. The minimum absolute atomic E-state index is 0. The van der Waals surface area contributed by atoms with E-state index in [1.54, 1.807) is 7.11 Å². The summed E-state index contributed by atoms with van der Waals surface area (Å²) in [4.78, 5) is 0. The molecule has 0 aliphatic rings. The highest BCUT2D eigenvalue weighted by Gasteiger charge is 2.14. The van der Waals surface area contributed by atoms with Crippen molar-refractivity contribution in [3.8, 4) is 11.5 Å². The van der Waals surface area contributed by atoms with E-state index in [0.717, 1.165) is 30.0 Å². The molecular weight excluding hydrogens is 322 g/mol. The summed E-state index contributed by atoms with van der Waals surface area (Å²) in [5.74, 6) is 1.55. The predicted molar refractivity (Wildman–Crippen MR) is 102 cm³/mol. The molecule has 0 atom stereocenters. The lowest BCUT2D eigenvalue weighted by atomic mass is 10.0. The highest BCUT2D eigenvalue weighted by atomic mass is 35.5. The minimum atomic E-state index is 0. The van der Waals surface area contributed by atoms with Gasteiger partial charge in [0.15, 0.2) is 11.5 Å². The molecule has 0 aromatic heterocycles. The monoisotopic (exact) mass is 349 g/mol. The van der Waals surface area contributed by atoms with Crippen molar-refractivity contribution in [3.05, 3.63) is 59.7 Å². The van der Waals surface area contributed by atoms with Gasteiger partial charge in [-0.05, 0) is 43.5 Å². The lowest BCUT2D eigenvalue weighted by Crippen LogP contribution is -2.37. The van der Waals surface area contributed by atoms with Crippen molar-refractivity contribution in [2.75, 3.05) is 7.11 Å². The van der Waals surface area contributed by atoms with E-state index in [2.05, 4.69) is 44.3 Å². The van der Waals surface area contributed by atoms with Gasteiger partial charge in [-0.1, -0.05) is 43.3 Å². The van der Waals surface area contributed by atoms with Crippen molar-refractivity contribution in [2.24, 2.45) is 0 Å². The van der Waals surface area contributed by atoms with Crippen LogP contribution in [0, 0.1) is 0 Å². The van der Waals surface area contributed by atoms with Gasteiger partial charge in [0.05, 0.1) is 7.11 Å². The van der Waals surface area contributed by atoms with Crippen molar-refractivity contribution < 1.29 is 9.47 Å². The molecule has 2 aromatic rings. The second kappa shape index (κ2) is 9.55. The van der Waals surface area contributed by atoms with E-state index in [1.807, 2.05) is 30.3 Å². The van der Waals surface area contributed by atoms with Gasteiger partial charge in [0.1, 0.15) is 6.61 Å². The van der Waals surface area contributed by atoms with Crippen molar-refractivity contribution in [1.82, 2.24) is 5.32 Å². The summed E-state index contributed by atoms with van der Waals surface area (Å²) in [6.45, 7) is 7.96. The smallest absolute Gasteiger partial charge is 0.161 e. The zero-order chi connectivity index (χ0) is 16.7. The molecule has 132 valence electrons. The molecule has 0 aliphatic heterocycles. The first-order chi connectivity index (χ1) is 11.0. The van der Waals surface area contributed by atoms with Crippen molar-refractivity contribution in [1.29, 1.82) is 0 Å². The van der Waals surface area contributed by atoms with Crippen LogP contribution in [0.25, 0.3) is 0 Å². The van der Waals surface area contributed by atoms with E-state index in [-0.39, 0.29) is 17.9 Å². The maximum atomic E-state index is 5.89. The Morgan fingerprint density at radius 2 is 1.67 bits per heavy atom. The van der Waals surface area contributed by atoms with E-state index < -0.39 is 0 Å². The molecule has 0 aliphatic carbocycles.